The lowest BCUT2D eigenvalue weighted by Crippen LogP contribution is -2.76. The summed E-state index contributed by atoms with van der Waals surface area (Å²) in [6.07, 6.45) is 1.12. The fraction of sp³-hybridized carbons (Fsp3) is 0.258. The topological polar surface area (TPSA) is 122 Å². The third-order valence-electron chi connectivity index (χ3n) is 7.45. The van der Waals surface area contributed by atoms with Crippen molar-refractivity contribution < 1.29 is 19.5 Å². The number of urea groups is 1. The quantitative estimate of drug-likeness (QED) is 0.291. The number of nitrogen functional groups attached to an aromatic ring is 1. The van der Waals surface area contributed by atoms with Crippen LogP contribution in [0.5, 0.6) is 5.75 Å². The Morgan fingerprint density at radius 2 is 1.71 bits per heavy atom. The predicted octanol–water partition coefficient (Wildman–Crippen LogP) is 2.71. The highest BCUT2D eigenvalue weighted by Gasteiger charge is 2.51. The normalized spacial score (nSPS) is 19.2. The number of amides is 4. The molecule has 10 nitrogen and oxygen atoms in total. The van der Waals surface area contributed by atoms with Gasteiger partial charge in [0.15, 0.2) is 0 Å². The average Bonchev–Trinajstić information content (AvgIpc) is 2.97. The van der Waals surface area contributed by atoms with Gasteiger partial charge in [0.05, 0.1) is 13.1 Å². The summed E-state index contributed by atoms with van der Waals surface area (Å²) < 4.78 is 0. The Morgan fingerprint density at radius 3 is 2.41 bits per heavy atom. The number of phenolic OH excluding ortho intramolecular Hbond substituents is 1. The number of piperazine rings is 1. The Morgan fingerprint density at radius 1 is 1.00 bits per heavy atom. The highest BCUT2D eigenvalue weighted by atomic mass is 16.3. The summed E-state index contributed by atoms with van der Waals surface area (Å²) in [6, 6.07) is 22.2. The van der Waals surface area contributed by atoms with Gasteiger partial charge < -0.3 is 26.0 Å². The summed E-state index contributed by atoms with van der Waals surface area (Å²) in [7, 11) is 0. The predicted molar refractivity (Wildman–Crippen MR) is 155 cm³/mol. The average molecular weight is 555 g/mol. The van der Waals surface area contributed by atoms with Crippen LogP contribution in [0.3, 0.4) is 0 Å². The van der Waals surface area contributed by atoms with E-state index in [4.69, 9.17) is 5.73 Å². The molecule has 2 atom stereocenters. The van der Waals surface area contributed by atoms with Crippen LogP contribution in [-0.4, -0.2) is 74.6 Å². The number of nitrogens with zero attached hydrogens (tertiary/aromatic N) is 4. The summed E-state index contributed by atoms with van der Waals surface area (Å²) in [5, 5.41) is 16.0. The van der Waals surface area contributed by atoms with Gasteiger partial charge in [-0.2, -0.15) is 0 Å². The zero-order valence-corrected chi connectivity index (χ0v) is 22.7. The Hall–Kier alpha value is -4.83. The molecule has 2 aliphatic heterocycles. The first kappa shape index (κ1) is 27.7. The Balaban J connectivity index is 1.50. The van der Waals surface area contributed by atoms with Crippen LogP contribution in [0.4, 0.5) is 10.5 Å². The minimum absolute atomic E-state index is 0.0771. The molecule has 4 N–H and O–H groups in total. The molecule has 10 heteroatoms. The van der Waals surface area contributed by atoms with Crippen molar-refractivity contribution >= 4 is 23.5 Å². The van der Waals surface area contributed by atoms with Gasteiger partial charge in [-0.3, -0.25) is 9.59 Å². The molecule has 0 saturated carbocycles. The van der Waals surface area contributed by atoms with Crippen LogP contribution in [0.2, 0.25) is 0 Å². The molecule has 0 unspecified atom stereocenters. The van der Waals surface area contributed by atoms with Gasteiger partial charge in [-0.15, -0.1) is 6.58 Å². The number of nitrogens with one attached hydrogen (secondary N) is 1. The van der Waals surface area contributed by atoms with Crippen LogP contribution in [-0.2, 0) is 29.1 Å². The van der Waals surface area contributed by atoms with E-state index in [0.29, 0.717) is 12.2 Å². The van der Waals surface area contributed by atoms with E-state index in [-0.39, 0.29) is 56.2 Å². The number of fused-ring (bicyclic) bond motifs is 1. The highest BCUT2D eigenvalue weighted by molar-refractivity contribution is 5.91. The van der Waals surface area contributed by atoms with Gasteiger partial charge in [-0.1, -0.05) is 66.7 Å². The summed E-state index contributed by atoms with van der Waals surface area (Å²) >= 11 is 0. The second-order valence-corrected chi connectivity index (χ2v) is 10.2. The van der Waals surface area contributed by atoms with Crippen molar-refractivity contribution in [3.63, 3.8) is 0 Å². The van der Waals surface area contributed by atoms with Crippen molar-refractivity contribution in [2.75, 3.05) is 25.4 Å². The Labute approximate surface area is 239 Å². The first-order chi connectivity index (χ1) is 19.9. The molecule has 2 fully saturated rings. The molecule has 0 bridgehead atoms. The number of hydrazine groups is 1. The number of hydrogen-bond donors (Lipinski definition) is 3. The van der Waals surface area contributed by atoms with E-state index in [2.05, 4.69) is 11.9 Å². The summed E-state index contributed by atoms with van der Waals surface area (Å²) in [4.78, 5) is 44.6. The SMILES string of the molecule is C=CCN1CC(=O)N2[C@@H](Cc3ccc(O)cc3)C(=O)N(Cc3ccccc3N)C[C@@H]2N1C(=O)NCc1ccccc1. The van der Waals surface area contributed by atoms with Gasteiger partial charge in [0.1, 0.15) is 18.0 Å². The second kappa shape index (κ2) is 12.1. The molecule has 0 radical (unpaired) electrons. The first-order valence-electron chi connectivity index (χ1n) is 13.5. The molecule has 0 spiro atoms. The van der Waals surface area contributed by atoms with Crippen molar-refractivity contribution in [1.82, 2.24) is 25.1 Å². The molecule has 2 heterocycles. The van der Waals surface area contributed by atoms with Gasteiger partial charge in [-0.25, -0.2) is 14.8 Å². The van der Waals surface area contributed by atoms with Crippen LogP contribution < -0.4 is 11.1 Å². The van der Waals surface area contributed by atoms with Crippen molar-refractivity contribution in [3.05, 3.63) is 108 Å². The molecule has 3 aromatic carbocycles. The van der Waals surface area contributed by atoms with E-state index in [9.17, 15) is 19.5 Å². The molecule has 5 rings (SSSR count). The fourth-order valence-corrected chi connectivity index (χ4v) is 5.44. The summed E-state index contributed by atoms with van der Waals surface area (Å²) in [5.74, 6) is -0.370. The number of carbonyl (C=O) groups excluding carboxylic acids is 3. The van der Waals surface area contributed by atoms with E-state index in [1.54, 1.807) is 56.2 Å². The molecular formula is C31H34N6O4. The minimum atomic E-state index is -0.856. The van der Waals surface area contributed by atoms with E-state index in [0.717, 1.165) is 16.7 Å². The number of phenols is 1. The van der Waals surface area contributed by atoms with Crippen LogP contribution in [0.1, 0.15) is 16.7 Å². The fourth-order valence-electron chi connectivity index (χ4n) is 5.44. The van der Waals surface area contributed by atoms with E-state index >= 15 is 0 Å². The van der Waals surface area contributed by atoms with Crippen LogP contribution >= 0.6 is 0 Å². The van der Waals surface area contributed by atoms with Gasteiger partial charge >= 0.3 is 6.03 Å². The van der Waals surface area contributed by atoms with Crippen LogP contribution in [0, 0.1) is 0 Å². The highest BCUT2D eigenvalue weighted by Crippen LogP contribution is 2.30. The number of aromatic hydroxyl groups is 1. The Kier molecular flexibility index (Phi) is 8.21. The minimum Gasteiger partial charge on any atom is -0.508 e. The number of rotatable bonds is 8. The number of para-hydroxylation sites is 1. The van der Waals surface area contributed by atoms with E-state index in [1.165, 1.54) is 0 Å². The number of carbonyl (C=O) groups is 3. The molecule has 2 saturated heterocycles. The van der Waals surface area contributed by atoms with E-state index in [1.807, 2.05) is 48.5 Å². The first-order valence-corrected chi connectivity index (χ1v) is 13.5. The third-order valence-corrected chi connectivity index (χ3v) is 7.45. The second-order valence-electron chi connectivity index (χ2n) is 10.2. The lowest BCUT2D eigenvalue weighted by atomic mass is 9.98. The van der Waals surface area contributed by atoms with Crippen molar-refractivity contribution in [1.29, 1.82) is 0 Å². The van der Waals surface area contributed by atoms with Crippen molar-refractivity contribution in [2.24, 2.45) is 0 Å². The third kappa shape index (κ3) is 6.02. The Bertz CT molecular complexity index is 1410. The van der Waals surface area contributed by atoms with E-state index < -0.39 is 12.2 Å². The molecular weight excluding hydrogens is 520 g/mol. The van der Waals surface area contributed by atoms with Crippen LogP contribution in [0.15, 0.2) is 91.5 Å². The summed E-state index contributed by atoms with van der Waals surface area (Å²) in [6.45, 7) is 4.66. The number of hydrogen-bond acceptors (Lipinski definition) is 6. The number of nitrogens with two attached hydrogens (primary N) is 1. The standard InChI is InChI=1S/C31H34N6O4/c1-2-16-35-21-29(39)36-27(17-22-12-14-25(38)15-13-22)30(40)34(19-24-10-6-7-11-26(24)32)20-28(36)37(35)31(41)33-18-23-8-4-3-5-9-23/h2-15,27-28,38H,1,16-21,32H2,(H,33,41)/t27-,28-/m0/s1. The molecule has 4 amide bonds. The molecule has 0 aromatic heterocycles. The maximum atomic E-state index is 14.0. The molecule has 2 aliphatic rings. The largest absolute Gasteiger partial charge is 0.508 e. The number of anilines is 1. The summed E-state index contributed by atoms with van der Waals surface area (Å²) in [5.41, 5.74) is 9.28. The van der Waals surface area contributed by atoms with Gasteiger partial charge in [0.2, 0.25) is 11.8 Å². The maximum absolute atomic E-state index is 14.0. The zero-order valence-electron chi connectivity index (χ0n) is 22.7. The monoisotopic (exact) mass is 554 g/mol. The van der Waals surface area contributed by atoms with Crippen molar-refractivity contribution in [3.8, 4) is 5.75 Å². The molecule has 0 aliphatic carbocycles. The number of benzene rings is 3. The maximum Gasteiger partial charge on any atom is 0.334 e. The van der Waals surface area contributed by atoms with Gasteiger partial charge in [-0.05, 0) is 34.9 Å². The van der Waals surface area contributed by atoms with Crippen LogP contribution in [0.25, 0.3) is 0 Å². The molecule has 3 aromatic rings. The van der Waals surface area contributed by atoms with Gasteiger partial charge in [0, 0.05) is 31.7 Å². The molecule has 41 heavy (non-hydrogen) atoms. The smallest absolute Gasteiger partial charge is 0.334 e. The lowest BCUT2D eigenvalue weighted by Gasteiger charge is -2.55. The molecule has 212 valence electrons. The lowest BCUT2D eigenvalue weighted by molar-refractivity contribution is -0.189. The zero-order chi connectivity index (χ0) is 28.9. The van der Waals surface area contributed by atoms with Crippen molar-refractivity contribution in [2.45, 2.75) is 31.7 Å². The van der Waals surface area contributed by atoms with Gasteiger partial charge in [0.25, 0.3) is 0 Å².